The summed E-state index contributed by atoms with van der Waals surface area (Å²) in [4.78, 5) is 3.22. The minimum atomic E-state index is 0.960. The molecule has 0 saturated carbocycles. The Bertz CT molecular complexity index is 474. The molecule has 1 aromatic heterocycles. The van der Waals surface area contributed by atoms with Crippen molar-refractivity contribution in [1.29, 1.82) is 0 Å². The second-order valence-corrected chi connectivity index (χ2v) is 5.92. The smallest absolute Gasteiger partial charge is 0.0975 e. The number of H-pyrrole nitrogens is 1. The van der Waals surface area contributed by atoms with Gasteiger partial charge in [-0.05, 0) is 44.0 Å². The molecule has 0 aliphatic heterocycles. The molecule has 0 atom stereocenters. The molecular formula is C8H3Br4N. The van der Waals surface area contributed by atoms with Crippen LogP contribution in [0.5, 0.6) is 0 Å². The predicted octanol–water partition coefficient (Wildman–Crippen LogP) is 5.22. The van der Waals surface area contributed by atoms with E-state index in [0.29, 0.717) is 0 Å². The summed E-state index contributed by atoms with van der Waals surface area (Å²) in [5, 5.41) is 1.15. The van der Waals surface area contributed by atoms with Crippen LogP contribution in [0.15, 0.2) is 30.2 Å². The zero-order valence-corrected chi connectivity index (χ0v) is 12.5. The Morgan fingerprint density at radius 1 is 1.00 bits per heavy atom. The highest BCUT2D eigenvalue weighted by atomic mass is 79.9. The Morgan fingerprint density at radius 3 is 2.38 bits per heavy atom. The number of nitrogens with one attached hydrogen (secondary N) is 1. The molecule has 0 fully saturated rings. The fourth-order valence-electron chi connectivity index (χ4n) is 1.18. The third-order valence-electron chi connectivity index (χ3n) is 1.71. The van der Waals surface area contributed by atoms with Gasteiger partial charge in [-0.3, -0.25) is 0 Å². The lowest BCUT2D eigenvalue weighted by Gasteiger charge is -1.96. The molecule has 0 aliphatic rings. The van der Waals surface area contributed by atoms with Crippen LogP contribution >= 0.6 is 63.7 Å². The molecule has 0 unspecified atom stereocenters. The standard InChI is InChI=1S/C8H3Br4N/c9-3-1-4(10)6-5(2-3)13-8(12)7(6)11/h1-2,13H. The Balaban J connectivity index is 2.94. The zero-order chi connectivity index (χ0) is 9.59. The fourth-order valence-corrected chi connectivity index (χ4v) is 3.81. The molecule has 1 heterocycles. The first-order valence-corrected chi connectivity index (χ1v) is 6.58. The monoisotopic (exact) mass is 429 g/mol. The lowest BCUT2D eigenvalue weighted by atomic mass is 10.2. The van der Waals surface area contributed by atoms with Crippen molar-refractivity contribution in [2.45, 2.75) is 0 Å². The molecule has 1 nitrogen and oxygen atoms in total. The highest BCUT2D eigenvalue weighted by molar-refractivity contribution is 9.13. The van der Waals surface area contributed by atoms with Gasteiger partial charge in [-0.25, -0.2) is 0 Å². The van der Waals surface area contributed by atoms with Gasteiger partial charge in [-0.15, -0.1) is 0 Å². The van der Waals surface area contributed by atoms with Crippen LogP contribution in [0.3, 0.4) is 0 Å². The van der Waals surface area contributed by atoms with Gasteiger partial charge in [-0.1, -0.05) is 31.9 Å². The van der Waals surface area contributed by atoms with Crippen LogP contribution in [0.4, 0.5) is 0 Å². The van der Waals surface area contributed by atoms with E-state index in [2.05, 4.69) is 68.7 Å². The number of aromatic nitrogens is 1. The molecule has 1 aromatic carbocycles. The van der Waals surface area contributed by atoms with E-state index >= 15 is 0 Å². The number of halogens is 4. The Kier molecular flexibility index (Phi) is 2.89. The summed E-state index contributed by atoms with van der Waals surface area (Å²) in [6.07, 6.45) is 0. The summed E-state index contributed by atoms with van der Waals surface area (Å²) in [7, 11) is 0. The van der Waals surface area contributed by atoms with Gasteiger partial charge in [0.05, 0.1) is 9.08 Å². The first-order chi connectivity index (χ1) is 6.09. The van der Waals surface area contributed by atoms with Gasteiger partial charge < -0.3 is 4.98 Å². The highest BCUT2D eigenvalue weighted by Crippen LogP contribution is 2.37. The Hall–Kier alpha value is 0.680. The Morgan fingerprint density at radius 2 is 1.69 bits per heavy atom. The van der Waals surface area contributed by atoms with Crippen molar-refractivity contribution in [2.24, 2.45) is 0 Å². The van der Waals surface area contributed by atoms with E-state index in [9.17, 15) is 0 Å². The summed E-state index contributed by atoms with van der Waals surface area (Å²) in [6, 6.07) is 4.06. The Labute approximate surface area is 109 Å². The van der Waals surface area contributed by atoms with E-state index in [1.807, 2.05) is 12.1 Å². The minimum absolute atomic E-state index is 0.960. The van der Waals surface area contributed by atoms with E-state index in [0.717, 1.165) is 28.9 Å². The van der Waals surface area contributed by atoms with E-state index in [-0.39, 0.29) is 0 Å². The summed E-state index contributed by atoms with van der Waals surface area (Å²) in [5.74, 6) is 0. The maximum atomic E-state index is 3.51. The van der Waals surface area contributed by atoms with E-state index in [4.69, 9.17) is 0 Å². The second kappa shape index (κ2) is 3.68. The van der Waals surface area contributed by atoms with Crippen molar-refractivity contribution in [3.05, 3.63) is 30.2 Å². The van der Waals surface area contributed by atoms with Crippen molar-refractivity contribution >= 4 is 74.6 Å². The molecule has 1 N–H and O–H groups in total. The topological polar surface area (TPSA) is 15.8 Å². The molecule has 0 amide bonds. The summed E-state index contributed by atoms with van der Waals surface area (Å²) < 4.78 is 4.11. The number of rotatable bonds is 0. The first-order valence-electron chi connectivity index (χ1n) is 3.41. The lowest BCUT2D eigenvalue weighted by Crippen LogP contribution is -1.71. The van der Waals surface area contributed by atoms with Crippen molar-refractivity contribution in [3.63, 3.8) is 0 Å². The van der Waals surface area contributed by atoms with E-state index in [1.165, 1.54) is 0 Å². The van der Waals surface area contributed by atoms with Crippen LogP contribution in [0, 0.1) is 0 Å². The van der Waals surface area contributed by atoms with Gasteiger partial charge in [0, 0.05) is 19.8 Å². The molecular weight excluding hydrogens is 430 g/mol. The molecule has 0 radical (unpaired) electrons. The van der Waals surface area contributed by atoms with Crippen LogP contribution < -0.4 is 0 Å². The van der Waals surface area contributed by atoms with Crippen molar-refractivity contribution in [3.8, 4) is 0 Å². The normalized spacial score (nSPS) is 11.1. The molecule has 0 saturated heterocycles. The van der Waals surface area contributed by atoms with Crippen LogP contribution in [-0.2, 0) is 0 Å². The summed E-state index contributed by atoms with van der Waals surface area (Å²) in [5.41, 5.74) is 1.08. The molecule has 68 valence electrons. The maximum Gasteiger partial charge on any atom is 0.0975 e. The number of benzene rings is 1. The average molecular weight is 433 g/mol. The van der Waals surface area contributed by atoms with Gasteiger partial charge in [0.15, 0.2) is 0 Å². The average Bonchev–Trinajstić information content (AvgIpc) is 2.27. The molecule has 2 aromatic rings. The molecule has 2 rings (SSSR count). The molecule has 0 spiro atoms. The lowest BCUT2D eigenvalue weighted by molar-refractivity contribution is 1.40. The second-order valence-electron chi connectivity index (χ2n) is 2.56. The zero-order valence-electron chi connectivity index (χ0n) is 6.17. The van der Waals surface area contributed by atoms with E-state index < -0.39 is 0 Å². The molecule has 5 heteroatoms. The third-order valence-corrected chi connectivity index (χ3v) is 4.71. The van der Waals surface area contributed by atoms with Gasteiger partial charge in [0.1, 0.15) is 0 Å². The van der Waals surface area contributed by atoms with Gasteiger partial charge >= 0.3 is 0 Å². The number of hydrogen-bond acceptors (Lipinski definition) is 0. The fraction of sp³-hybridized carbons (Fsp3) is 0. The van der Waals surface area contributed by atoms with Crippen LogP contribution in [-0.4, -0.2) is 4.98 Å². The van der Waals surface area contributed by atoms with Crippen LogP contribution in [0.1, 0.15) is 0 Å². The molecule has 0 bridgehead atoms. The third kappa shape index (κ3) is 1.76. The van der Waals surface area contributed by atoms with Crippen LogP contribution in [0.2, 0.25) is 0 Å². The predicted molar refractivity (Wildman–Crippen MR) is 69.1 cm³/mol. The maximum absolute atomic E-state index is 3.51. The number of aromatic amines is 1. The van der Waals surface area contributed by atoms with Crippen molar-refractivity contribution in [1.82, 2.24) is 4.98 Å². The number of hydrogen-bond donors (Lipinski definition) is 1. The van der Waals surface area contributed by atoms with Crippen molar-refractivity contribution < 1.29 is 0 Å². The summed E-state index contributed by atoms with van der Waals surface area (Å²) in [6.45, 7) is 0. The molecule has 13 heavy (non-hydrogen) atoms. The van der Waals surface area contributed by atoms with Gasteiger partial charge in [-0.2, -0.15) is 0 Å². The SMILES string of the molecule is Brc1cc(Br)c2c(Br)c(Br)[nH]c2c1. The van der Waals surface area contributed by atoms with Gasteiger partial charge in [0.25, 0.3) is 0 Å². The summed E-state index contributed by atoms with van der Waals surface area (Å²) >= 11 is 13.9. The van der Waals surface area contributed by atoms with Gasteiger partial charge in [0.2, 0.25) is 0 Å². The largest absolute Gasteiger partial charge is 0.348 e. The minimum Gasteiger partial charge on any atom is -0.348 e. The number of fused-ring (bicyclic) bond motifs is 1. The molecule has 0 aliphatic carbocycles. The van der Waals surface area contributed by atoms with E-state index in [1.54, 1.807) is 0 Å². The first kappa shape index (κ1) is 10.2. The highest BCUT2D eigenvalue weighted by Gasteiger charge is 2.10. The van der Waals surface area contributed by atoms with Crippen molar-refractivity contribution in [2.75, 3.05) is 0 Å². The quantitative estimate of drug-likeness (QED) is 0.587. The van der Waals surface area contributed by atoms with Crippen LogP contribution in [0.25, 0.3) is 10.9 Å².